The van der Waals surface area contributed by atoms with Crippen LogP contribution in [0.1, 0.15) is 17.3 Å². The molecular weight excluding hydrogens is 304 g/mol. The van der Waals surface area contributed by atoms with Crippen LogP contribution in [0.15, 0.2) is 36.4 Å². The molecular formula is C17H17F2NO3. The Bertz CT molecular complexity index is 697. The molecule has 0 N–H and O–H groups in total. The second-order valence-corrected chi connectivity index (χ2v) is 4.75. The lowest BCUT2D eigenvalue weighted by Gasteiger charge is -2.22. The lowest BCUT2D eigenvalue weighted by Crippen LogP contribution is -2.30. The molecule has 0 atom stereocenters. The Hall–Kier alpha value is -2.63. The minimum atomic E-state index is -1.00. The Morgan fingerprint density at radius 1 is 1.00 bits per heavy atom. The van der Waals surface area contributed by atoms with Crippen LogP contribution in [0.25, 0.3) is 0 Å². The standard InChI is InChI=1S/C17H17F2NO3/c1-4-20(12-5-6-15(18)16(19)9-12)17(21)11-7-13(22-2)10-14(8-11)23-3/h5-10H,4H2,1-3H3. The summed E-state index contributed by atoms with van der Waals surface area (Å²) in [6.07, 6.45) is 0. The van der Waals surface area contributed by atoms with Gasteiger partial charge in [0, 0.05) is 29.9 Å². The number of halogens is 2. The summed E-state index contributed by atoms with van der Waals surface area (Å²) >= 11 is 0. The average Bonchev–Trinajstić information content (AvgIpc) is 2.57. The Morgan fingerprint density at radius 3 is 2.09 bits per heavy atom. The van der Waals surface area contributed by atoms with Gasteiger partial charge >= 0.3 is 0 Å². The van der Waals surface area contributed by atoms with E-state index < -0.39 is 11.6 Å². The van der Waals surface area contributed by atoms with Crippen molar-refractivity contribution in [1.29, 1.82) is 0 Å². The number of amides is 1. The minimum Gasteiger partial charge on any atom is -0.497 e. The summed E-state index contributed by atoms with van der Waals surface area (Å²) in [5, 5.41) is 0. The van der Waals surface area contributed by atoms with Gasteiger partial charge in [0.1, 0.15) is 11.5 Å². The molecule has 122 valence electrons. The van der Waals surface area contributed by atoms with Crippen molar-refractivity contribution in [3.63, 3.8) is 0 Å². The molecule has 2 rings (SSSR count). The predicted octanol–water partition coefficient (Wildman–Crippen LogP) is 3.65. The van der Waals surface area contributed by atoms with Crippen molar-refractivity contribution in [2.75, 3.05) is 25.7 Å². The largest absolute Gasteiger partial charge is 0.497 e. The van der Waals surface area contributed by atoms with Crippen molar-refractivity contribution in [2.45, 2.75) is 6.92 Å². The molecule has 0 saturated heterocycles. The molecule has 4 nitrogen and oxygen atoms in total. The predicted molar refractivity (Wildman–Crippen MR) is 83.3 cm³/mol. The number of nitrogens with zero attached hydrogens (tertiary/aromatic N) is 1. The van der Waals surface area contributed by atoms with Crippen LogP contribution < -0.4 is 14.4 Å². The molecule has 0 bridgehead atoms. The van der Waals surface area contributed by atoms with Crippen molar-refractivity contribution in [1.82, 2.24) is 0 Å². The maximum absolute atomic E-state index is 13.4. The molecule has 0 fully saturated rings. The van der Waals surface area contributed by atoms with Gasteiger partial charge in [0.05, 0.1) is 14.2 Å². The molecule has 0 aliphatic heterocycles. The van der Waals surface area contributed by atoms with Crippen LogP contribution in [-0.4, -0.2) is 26.7 Å². The quantitative estimate of drug-likeness (QED) is 0.844. The van der Waals surface area contributed by atoms with Gasteiger partial charge in [0.25, 0.3) is 5.91 Å². The zero-order valence-electron chi connectivity index (χ0n) is 13.1. The van der Waals surface area contributed by atoms with Crippen LogP contribution in [0.4, 0.5) is 14.5 Å². The van der Waals surface area contributed by atoms with E-state index >= 15 is 0 Å². The van der Waals surface area contributed by atoms with Gasteiger partial charge in [0.2, 0.25) is 0 Å². The second kappa shape index (κ2) is 7.09. The summed E-state index contributed by atoms with van der Waals surface area (Å²) in [4.78, 5) is 14.1. The number of hydrogen-bond donors (Lipinski definition) is 0. The van der Waals surface area contributed by atoms with Gasteiger partial charge in [0.15, 0.2) is 11.6 Å². The van der Waals surface area contributed by atoms with Gasteiger partial charge in [-0.3, -0.25) is 4.79 Å². The first kappa shape index (κ1) is 16.7. The lowest BCUT2D eigenvalue weighted by molar-refractivity contribution is 0.0987. The number of ether oxygens (including phenoxy) is 2. The van der Waals surface area contributed by atoms with E-state index in [-0.39, 0.29) is 11.6 Å². The number of anilines is 1. The summed E-state index contributed by atoms with van der Waals surface area (Å²) in [7, 11) is 2.96. The first-order valence-electron chi connectivity index (χ1n) is 7.00. The summed E-state index contributed by atoms with van der Waals surface area (Å²) in [6, 6.07) is 8.11. The third kappa shape index (κ3) is 3.59. The third-order valence-corrected chi connectivity index (χ3v) is 3.37. The van der Waals surface area contributed by atoms with Crippen molar-refractivity contribution in [3.8, 4) is 11.5 Å². The van der Waals surface area contributed by atoms with Gasteiger partial charge in [-0.25, -0.2) is 8.78 Å². The first-order valence-corrected chi connectivity index (χ1v) is 7.00. The van der Waals surface area contributed by atoms with Gasteiger partial charge in [-0.2, -0.15) is 0 Å². The van der Waals surface area contributed by atoms with Gasteiger partial charge in [-0.15, -0.1) is 0 Å². The van der Waals surface area contributed by atoms with Crippen LogP contribution in [0.5, 0.6) is 11.5 Å². The summed E-state index contributed by atoms with van der Waals surface area (Å²) in [5.74, 6) is -1.39. The molecule has 1 amide bonds. The molecule has 0 spiro atoms. The maximum atomic E-state index is 13.4. The minimum absolute atomic E-state index is 0.276. The van der Waals surface area contributed by atoms with Crippen molar-refractivity contribution >= 4 is 11.6 Å². The number of rotatable bonds is 5. The van der Waals surface area contributed by atoms with E-state index in [1.54, 1.807) is 25.1 Å². The molecule has 0 saturated carbocycles. The summed E-state index contributed by atoms with van der Waals surface area (Å²) in [6.45, 7) is 2.04. The van der Waals surface area contributed by atoms with Crippen LogP contribution in [0, 0.1) is 11.6 Å². The fourth-order valence-electron chi connectivity index (χ4n) is 2.18. The Balaban J connectivity index is 2.41. The zero-order chi connectivity index (χ0) is 17.0. The number of carbonyl (C=O) groups is 1. The molecule has 0 unspecified atom stereocenters. The topological polar surface area (TPSA) is 38.8 Å². The van der Waals surface area contributed by atoms with Gasteiger partial charge in [-0.05, 0) is 31.2 Å². The SMILES string of the molecule is CCN(C(=O)c1cc(OC)cc(OC)c1)c1ccc(F)c(F)c1. The van der Waals surface area contributed by atoms with Crippen molar-refractivity contribution in [3.05, 3.63) is 53.6 Å². The summed E-state index contributed by atoms with van der Waals surface area (Å²) < 4.78 is 36.8. The molecule has 0 radical (unpaired) electrons. The van der Waals surface area contributed by atoms with E-state index in [0.717, 1.165) is 12.1 Å². The molecule has 0 aromatic heterocycles. The van der Waals surface area contributed by atoms with Crippen LogP contribution in [0.3, 0.4) is 0 Å². The zero-order valence-corrected chi connectivity index (χ0v) is 13.1. The van der Waals surface area contributed by atoms with Crippen molar-refractivity contribution in [2.24, 2.45) is 0 Å². The maximum Gasteiger partial charge on any atom is 0.258 e. The summed E-state index contributed by atoms with van der Waals surface area (Å²) in [5.41, 5.74) is 0.603. The monoisotopic (exact) mass is 321 g/mol. The smallest absolute Gasteiger partial charge is 0.258 e. The van der Waals surface area contributed by atoms with E-state index in [9.17, 15) is 13.6 Å². The normalized spacial score (nSPS) is 10.3. The fourth-order valence-corrected chi connectivity index (χ4v) is 2.18. The van der Waals surface area contributed by atoms with E-state index in [0.29, 0.717) is 23.6 Å². The lowest BCUT2D eigenvalue weighted by atomic mass is 10.1. The van der Waals surface area contributed by atoms with Gasteiger partial charge < -0.3 is 14.4 Å². The number of methoxy groups -OCH3 is 2. The van der Waals surface area contributed by atoms with E-state index in [2.05, 4.69) is 0 Å². The first-order chi connectivity index (χ1) is 11.0. The Labute approximate surface area is 133 Å². The van der Waals surface area contributed by atoms with Crippen LogP contribution in [0.2, 0.25) is 0 Å². The highest BCUT2D eigenvalue weighted by Gasteiger charge is 2.19. The third-order valence-electron chi connectivity index (χ3n) is 3.37. The highest BCUT2D eigenvalue weighted by atomic mass is 19.2. The molecule has 2 aromatic carbocycles. The molecule has 0 heterocycles. The second-order valence-electron chi connectivity index (χ2n) is 4.75. The Kier molecular flexibility index (Phi) is 5.16. The molecule has 0 aliphatic rings. The molecule has 6 heteroatoms. The molecule has 0 aliphatic carbocycles. The number of hydrogen-bond acceptors (Lipinski definition) is 3. The van der Waals surface area contributed by atoms with E-state index in [1.165, 1.54) is 25.2 Å². The van der Waals surface area contributed by atoms with Crippen LogP contribution in [-0.2, 0) is 0 Å². The molecule has 2 aromatic rings. The van der Waals surface area contributed by atoms with Crippen molar-refractivity contribution < 1.29 is 23.0 Å². The highest BCUT2D eigenvalue weighted by Crippen LogP contribution is 2.26. The van der Waals surface area contributed by atoms with E-state index in [4.69, 9.17) is 9.47 Å². The van der Waals surface area contributed by atoms with E-state index in [1.807, 2.05) is 0 Å². The fraction of sp³-hybridized carbons (Fsp3) is 0.235. The van der Waals surface area contributed by atoms with Gasteiger partial charge in [-0.1, -0.05) is 0 Å². The number of carbonyl (C=O) groups excluding carboxylic acids is 1. The Morgan fingerprint density at radius 2 is 1.61 bits per heavy atom. The average molecular weight is 321 g/mol. The molecule has 23 heavy (non-hydrogen) atoms. The highest BCUT2D eigenvalue weighted by molar-refractivity contribution is 6.06. The number of benzene rings is 2. The van der Waals surface area contributed by atoms with Crippen LogP contribution >= 0.6 is 0 Å².